The molecule has 5 heteroatoms. The number of para-hydroxylation sites is 1. The van der Waals surface area contributed by atoms with Crippen LogP contribution >= 0.6 is 0 Å². The largest absolute Gasteiger partial charge is 0.334 e. The molecule has 5 nitrogen and oxygen atoms in total. The van der Waals surface area contributed by atoms with Gasteiger partial charge in [0.05, 0.1) is 5.69 Å². The highest BCUT2D eigenvalue weighted by Crippen LogP contribution is 2.32. The summed E-state index contributed by atoms with van der Waals surface area (Å²) in [7, 11) is 1.97. The van der Waals surface area contributed by atoms with Crippen molar-refractivity contribution in [1.29, 1.82) is 0 Å². The number of amides is 2. The van der Waals surface area contributed by atoms with Crippen molar-refractivity contribution in [1.82, 2.24) is 15.6 Å². The van der Waals surface area contributed by atoms with E-state index in [0.29, 0.717) is 12.6 Å². The van der Waals surface area contributed by atoms with Crippen molar-refractivity contribution in [2.24, 2.45) is 0 Å². The lowest BCUT2D eigenvalue weighted by Gasteiger charge is -2.24. The number of fused-ring (bicyclic) bond motifs is 1. The standard InChI is InChI=1S/C19H24N4O/c1-14-15(7-5-11-21-14)13-22-19(24)23-12-6-9-17(20-2)16-8-3-4-10-18(16)23/h3-5,7-8,10-11,17,20H,6,9,12-13H2,1-2H3,(H,22,24)/t17-/m0/s1. The fourth-order valence-electron chi connectivity index (χ4n) is 3.24. The Morgan fingerprint density at radius 3 is 2.92 bits per heavy atom. The molecule has 1 aliphatic heterocycles. The van der Waals surface area contributed by atoms with Crippen LogP contribution in [0.1, 0.15) is 35.7 Å². The van der Waals surface area contributed by atoms with E-state index in [1.807, 2.05) is 49.2 Å². The van der Waals surface area contributed by atoms with Crippen LogP contribution in [0.2, 0.25) is 0 Å². The van der Waals surface area contributed by atoms with Crippen molar-refractivity contribution in [2.75, 3.05) is 18.5 Å². The number of hydrogen-bond donors (Lipinski definition) is 2. The molecule has 0 unspecified atom stereocenters. The van der Waals surface area contributed by atoms with E-state index in [0.717, 1.165) is 36.3 Å². The molecule has 0 bridgehead atoms. The van der Waals surface area contributed by atoms with E-state index < -0.39 is 0 Å². The maximum absolute atomic E-state index is 12.8. The van der Waals surface area contributed by atoms with E-state index in [2.05, 4.69) is 21.7 Å². The van der Waals surface area contributed by atoms with E-state index in [-0.39, 0.29) is 6.03 Å². The molecule has 24 heavy (non-hydrogen) atoms. The van der Waals surface area contributed by atoms with Gasteiger partial charge in [-0.15, -0.1) is 0 Å². The van der Waals surface area contributed by atoms with Crippen molar-refractivity contribution in [2.45, 2.75) is 32.4 Å². The number of nitrogens with one attached hydrogen (secondary N) is 2. The number of pyridine rings is 1. The lowest BCUT2D eigenvalue weighted by atomic mass is 10.0. The third-order valence-corrected chi connectivity index (χ3v) is 4.62. The number of carbonyl (C=O) groups is 1. The second-order valence-electron chi connectivity index (χ2n) is 6.10. The SMILES string of the molecule is CN[C@H]1CCCN(C(=O)NCc2cccnc2C)c2ccccc21. The summed E-state index contributed by atoms with van der Waals surface area (Å²) in [6, 6.07) is 12.3. The summed E-state index contributed by atoms with van der Waals surface area (Å²) in [6.45, 7) is 3.18. The number of anilines is 1. The Balaban J connectivity index is 1.78. The lowest BCUT2D eigenvalue weighted by molar-refractivity contribution is 0.246. The molecular formula is C19H24N4O. The highest BCUT2D eigenvalue weighted by molar-refractivity contribution is 5.93. The summed E-state index contributed by atoms with van der Waals surface area (Å²) in [5.41, 5.74) is 4.17. The van der Waals surface area contributed by atoms with E-state index in [1.54, 1.807) is 6.20 Å². The van der Waals surface area contributed by atoms with Crippen LogP contribution < -0.4 is 15.5 Å². The highest BCUT2D eigenvalue weighted by atomic mass is 16.2. The Morgan fingerprint density at radius 1 is 1.29 bits per heavy atom. The minimum absolute atomic E-state index is 0.0533. The van der Waals surface area contributed by atoms with Gasteiger partial charge in [0.15, 0.2) is 0 Å². The number of benzene rings is 1. The van der Waals surface area contributed by atoms with Gasteiger partial charge in [-0.2, -0.15) is 0 Å². The van der Waals surface area contributed by atoms with Gasteiger partial charge in [0.2, 0.25) is 0 Å². The maximum atomic E-state index is 12.8. The van der Waals surface area contributed by atoms with Gasteiger partial charge in [-0.25, -0.2) is 4.79 Å². The summed E-state index contributed by atoms with van der Waals surface area (Å²) in [5.74, 6) is 0. The molecule has 0 fully saturated rings. The zero-order valence-electron chi connectivity index (χ0n) is 14.2. The molecule has 0 spiro atoms. The zero-order chi connectivity index (χ0) is 16.9. The lowest BCUT2D eigenvalue weighted by Crippen LogP contribution is -2.40. The zero-order valence-corrected chi connectivity index (χ0v) is 14.2. The van der Waals surface area contributed by atoms with Crippen molar-refractivity contribution < 1.29 is 4.79 Å². The molecule has 2 aromatic rings. The molecule has 2 amide bonds. The molecule has 2 N–H and O–H groups in total. The Kier molecular flexibility index (Phi) is 5.11. The van der Waals surface area contributed by atoms with Crippen LogP contribution in [0.25, 0.3) is 0 Å². The third kappa shape index (κ3) is 3.41. The minimum atomic E-state index is -0.0533. The first-order valence-corrected chi connectivity index (χ1v) is 8.42. The van der Waals surface area contributed by atoms with Crippen LogP contribution in [-0.2, 0) is 6.54 Å². The van der Waals surface area contributed by atoms with Crippen molar-refractivity contribution in [3.63, 3.8) is 0 Å². The van der Waals surface area contributed by atoms with E-state index >= 15 is 0 Å². The van der Waals surface area contributed by atoms with Crippen molar-refractivity contribution >= 4 is 11.7 Å². The van der Waals surface area contributed by atoms with Crippen molar-refractivity contribution in [3.8, 4) is 0 Å². The molecule has 0 saturated heterocycles. The summed E-state index contributed by atoms with van der Waals surface area (Å²) in [6.07, 6.45) is 3.77. The van der Waals surface area contributed by atoms with Gasteiger partial charge >= 0.3 is 6.03 Å². The van der Waals surface area contributed by atoms with Gasteiger partial charge in [0.1, 0.15) is 0 Å². The van der Waals surface area contributed by atoms with Gasteiger partial charge in [-0.1, -0.05) is 24.3 Å². The molecule has 3 rings (SSSR count). The number of aromatic nitrogens is 1. The fraction of sp³-hybridized carbons (Fsp3) is 0.368. The molecule has 126 valence electrons. The van der Waals surface area contributed by atoms with Crippen molar-refractivity contribution in [3.05, 3.63) is 59.4 Å². The Hall–Kier alpha value is -2.40. The Bertz CT molecular complexity index is 716. The average Bonchev–Trinajstić information content (AvgIpc) is 2.80. The van der Waals surface area contributed by atoms with Crippen LogP contribution in [0.5, 0.6) is 0 Å². The van der Waals surface area contributed by atoms with Crippen LogP contribution in [0.4, 0.5) is 10.5 Å². The van der Waals surface area contributed by atoms with Crippen LogP contribution in [0, 0.1) is 6.92 Å². The maximum Gasteiger partial charge on any atom is 0.322 e. The van der Waals surface area contributed by atoms with Gasteiger partial charge in [0.25, 0.3) is 0 Å². The predicted octanol–water partition coefficient (Wildman–Crippen LogP) is 3.16. The van der Waals surface area contributed by atoms with Gasteiger partial charge in [-0.3, -0.25) is 9.88 Å². The van der Waals surface area contributed by atoms with Gasteiger partial charge < -0.3 is 10.6 Å². The first-order valence-electron chi connectivity index (χ1n) is 8.42. The molecule has 1 atom stereocenters. The van der Waals surface area contributed by atoms with E-state index in [4.69, 9.17) is 0 Å². The molecule has 1 aromatic heterocycles. The Morgan fingerprint density at radius 2 is 2.12 bits per heavy atom. The number of urea groups is 1. The number of aryl methyl sites for hydroxylation is 1. The molecule has 2 heterocycles. The summed E-state index contributed by atoms with van der Waals surface area (Å²) in [5, 5.41) is 6.40. The van der Waals surface area contributed by atoms with E-state index in [9.17, 15) is 4.79 Å². The van der Waals surface area contributed by atoms with Gasteiger partial charge in [-0.05, 0) is 50.1 Å². The van der Waals surface area contributed by atoms with Crippen LogP contribution in [0.15, 0.2) is 42.6 Å². The quantitative estimate of drug-likeness (QED) is 0.912. The normalized spacial score (nSPS) is 17.1. The molecule has 0 radical (unpaired) electrons. The number of rotatable bonds is 3. The van der Waals surface area contributed by atoms with Gasteiger partial charge in [0, 0.05) is 31.0 Å². The monoisotopic (exact) mass is 324 g/mol. The van der Waals surface area contributed by atoms with E-state index in [1.165, 1.54) is 5.56 Å². The molecule has 0 aliphatic carbocycles. The van der Waals surface area contributed by atoms with Crippen LogP contribution in [0.3, 0.4) is 0 Å². The number of nitrogens with zero attached hydrogens (tertiary/aromatic N) is 2. The molecular weight excluding hydrogens is 300 g/mol. The first-order chi connectivity index (χ1) is 11.7. The number of carbonyl (C=O) groups excluding carboxylic acids is 1. The number of hydrogen-bond acceptors (Lipinski definition) is 3. The minimum Gasteiger partial charge on any atom is -0.334 e. The predicted molar refractivity (Wildman–Crippen MR) is 96.0 cm³/mol. The van der Waals surface area contributed by atoms with Crippen LogP contribution in [-0.4, -0.2) is 24.6 Å². The topological polar surface area (TPSA) is 57.3 Å². The second kappa shape index (κ2) is 7.45. The first kappa shape index (κ1) is 16.5. The second-order valence-corrected chi connectivity index (χ2v) is 6.10. The molecule has 0 saturated carbocycles. The summed E-state index contributed by atoms with van der Waals surface area (Å²) >= 11 is 0. The Labute approximate surface area is 143 Å². The average molecular weight is 324 g/mol. The smallest absolute Gasteiger partial charge is 0.322 e. The molecule has 1 aliphatic rings. The highest BCUT2D eigenvalue weighted by Gasteiger charge is 2.25. The summed E-state index contributed by atoms with van der Waals surface area (Å²) < 4.78 is 0. The molecule has 1 aromatic carbocycles. The fourth-order valence-corrected chi connectivity index (χ4v) is 3.24. The third-order valence-electron chi connectivity index (χ3n) is 4.62. The summed E-state index contributed by atoms with van der Waals surface area (Å²) in [4.78, 5) is 18.9.